The van der Waals surface area contributed by atoms with E-state index in [4.69, 9.17) is 0 Å². The van der Waals surface area contributed by atoms with Crippen LogP contribution in [0.15, 0.2) is 24.3 Å². The lowest BCUT2D eigenvalue weighted by atomic mass is 10.1. The maximum Gasteiger partial charge on any atom is 0.0580 e. The lowest BCUT2D eigenvalue weighted by Gasteiger charge is -2.18. The van der Waals surface area contributed by atoms with Crippen LogP contribution in [0.4, 0.5) is 5.69 Å². The molecule has 1 rings (SSSR count). The molecule has 0 N–H and O–H groups in total. The Kier molecular flexibility index (Phi) is 2.41. The SMILES string of the molecule is Cc1ccc([N]C(C)(C)C)cc1. The summed E-state index contributed by atoms with van der Waals surface area (Å²) in [6.45, 7) is 8.40. The highest BCUT2D eigenvalue weighted by Crippen LogP contribution is 2.14. The first-order valence-corrected chi connectivity index (χ1v) is 4.27. The Balaban J connectivity index is 2.71. The van der Waals surface area contributed by atoms with Gasteiger partial charge in [-0.2, -0.15) is 0 Å². The molecule has 1 aromatic carbocycles. The fraction of sp³-hybridized carbons (Fsp3) is 0.455. The number of benzene rings is 1. The van der Waals surface area contributed by atoms with E-state index in [-0.39, 0.29) is 5.54 Å². The minimum absolute atomic E-state index is 0.0231. The average Bonchev–Trinajstić information content (AvgIpc) is 1.91. The molecule has 0 saturated heterocycles. The number of hydrogen-bond donors (Lipinski definition) is 0. The molecule has 1 aromatic rings. The van der Waals surface area contributed by atoms with E-state index in [9.17, 15) is 0 Å². The smallest absolute Gasteiger partial charge is 0.0580 e. The van der Waals surface area contributed by atoms with Crippen molar-refractivity contribution in [3.05, 3.63) is 29.8 Å². The van der Waals surface area contributed by atoms with Crippen molar-refractivity contribution in [2.45, 2.75) is 33.2 Å². The minimum atomic E-state index is 0.0231. The van der Waals surface area contributed by atoms with E-state index in [1.807, 2.05) is 0 Å². The first-order chi connectivity index (χ1) is 5.47. The Bertz CT molecular complexity index is 241. The molecule has 0 amide bonds. The molecule has 0 fully saturated rings. The van der Waals surface area contributed by atoms with Crippen LogP contribution in [0.3, 0.4) is 0 Å². The van der Waals surface area contributed by atoms with Crippen molar-refractivity contribution in [1.82, 2.24) is 5.32 Å². The van der Waals surface area contributed by atoms with Gasteiger partial charge in [0.05, 0.1) is 11.2 Å². The highest BCUT2D eigenvalue weighted by molar-refractivity contribution is 5.38. The van der Waals surface area contributed by atoms with Gasteiger partial charge in [-0.15, -0.1) is 0 Å². The Labute approximate surface area is 74.8 Å². The van der Waals surface area contributed by atoms with Gasteiger partial charge in [-0.25, -0.2) is 0 Å². The fourth-order valence-corrected chi connectivity index (χ4v) is 1.01. The maximum absolute atomic E-state index is 4.53. The van der Waals surface area contributed by atoms with Crippen LogP contribution in [-0.4, -0.2) is 5.54 Å². The van der Waals surface area contributed by atoms with E-state index >= 15 is 0 Å². The third-order valence-corrected chi connectivity index (χ3v) is 1.50. The second-order valence-corrected chi connectivity index (χ2v) is 4.12. The van der Waals surface area contributed by atoms with Gasteiger partial charge < -0.3 is 0 Å². The van der Waals surface area contributed by atoms with Crippen molar-refractivity contribution in [2.75, 3.05) is 0 Å². The van der Waals surface area contributed by atoms with E-state index in [1.165, 1.54) is 5.56 Å². The molecule has 0 bridgehead atoms. The second kappa shape index (κ2) is 3.18. The Hall–Kier alpha value is -0.980. The summed E-state index contributed by atoms with van der Waals surface area (Å²) in [6, 6.07) is 8.29. The number of aryl methyl sites for hydroxylation is 1. The summed E-state index contributed by atoms with van der Waals surface area (Å²) < 4.78 is 0. The number of nitrogens with zero attached hydrogens (tertiary/aromatic N) is 1. The maximum atomic E-state index is 4.53. The van der Waals surface area contributed by atoms with Crippen LogP contribution in [0.1, 0.15) is 26.3 Å². The zero-order valence-electron chi connectivity index (χ0n) is 8.26. The number of rotatable bonds is 1. The monoisotopic (exact) mass is 162 g/mol. The van der Waals surface area contributed by atoms with Crippen molar-refractivity contribution in [1.29, 1.82) is 0 Å². The third kappa shape index (κ3) is 2.95. The highest BCUT2D eigenvalue weighted by atomic mass is 14.9. The zero-order valence-corrected chi connectivity index (χ0v) is 8.26. The van der Waals surface area contributed by atoms with Crippen LogP contribution >= 0.6 is 0 Å². The predicted octanol–water partition coefficient (Wildman–Crippen LogP) is 3.03. The Morgan fingerprint density at radius 2 is 1.50 bits per heavy atom. The summed E-state index contributed by atoms with van der Waals surface area (Å²) in [5, 5.41) is 4.53. The van der Waals surface area contributed by atoms with Gasteiger partial charge in [-0.1, -0.05) is 17.7 Å². The molecule has 0 atom stereocenters. The summed E-state index contributed by atoms with van der Waals surface area (Å²) in [5.41, 5.74) is 2.37. The minimum Gasteiger partial charge on any atom is -0.280 e. The standard InChI is InChI=1S/C11H16N/c1-9-5-7-10(8-6-9)12-11(2,3)4/h5-8H,1-4H3. The van der Waals surface area contributed by atoms with Gasteiger partial charge in [-0.05, 0) is 39.8 Å². The molecule has 65 valence electrons. The summed E-state index contributed by atoms with van der Waals surface area (Å²) in [4.78, 5) is 0. The fourth-order valence-electron chi connectivity index (χ4n) is 1.01. The molecule has 0 aromatic heterocycles. The molecule has 12 heavy (non-hydrogen) atoms. The van der Waals surface area contributed by atoms with E-state index in [2.05, 4.69) is 57.3 Å². The molecule has 0 heterocycles. The summed E-state index contributed by atoms with van der Waals surface area (Å²) in [6.07, 6.45) is 0. The summed E-state index contributed by atoms with van der Waals surface area (Å²) in [7, 11) is 0. The van der Waals surface area contributed by atoms with Crippen LogP contribution in [0.2, 0.25) is 0 Å². The van der Waals surface area contributed by atoms with Crippen molar-refractivity contribution in [3.63, 3.8) is 0 Å². The lowest BCUT2D eigenvalue weighted by molar-refractivity contribution is 0.488. The van der Waals surface area contributed by atoms with Crippen molar-refractivity contribution < 1.29 is 0 Å². The van der Waals surface area contributed by atoms with Gasteiger partial charge in [0.25, 0.3) is 0 Å². The molecule has 1 nitrogen and oxygen atoms in total. The molecule has 0 unspecified atom stereocenters. The van der Waals surface area contributed by atoms with Gasteiger partial charge in [-0.3, -0.25) is 5.32 Å². The van der Waals surface area contributed by atoms with Crippen LogP contribution in [-0.2, 0) is 0 Å². The van der Waals surface area contributed by atoms with E-state index in [0.29, 0.717) is 0 Å². The molecule has 1 radical (unpaired) electrons. The zero-order chi connectivity index (χ0) is 9.19. The normalized spacial score (nSPS) is 11.3. The lowest BCUT2D eigenvalue weighted by Crippen LogP contribution is -2.24. The first-order valence-electron chi connectivity index (χ1n) is 4.27. The van der Waals surface area contributed by atoms with Gasteiger partial charge in [0, 0.05) is 0 Å². The van der Waals surface area contributed by atoms with Gasteiger partial charge in [0.2, 0.25) is 0 Å². The van der Waals surface area contributed by atoms with Gasteiger partial charge >= 0.3 is 0 Å². The van der Waals surface area contributed by atoms with Crippen LogP contribution in [0.25, 0.3) is 0 Å². The van der Waals surface area contributed by atoms with Crippen molar-refractivity contribution in [2.24, 2.45) is 0 Å². The summed E-state index contributed by atoms with van der Waals surface area (Å²) >= 11 is 0. The first kappa shape index (κ1) is 9.11. The molecule has 1 heteroatoms. The Morgan fingerprint density at radius 3 is 1.92 bits per heavy atom. The largest absolute Gasteiger partial charge is 0.280 e. The second-order valence-electron chi connectivity index (χ2n) is 4.12. The number of hydrogen-bond acceptors (Lipinski definition) is 0. The van der Waals surface area contributed by atoms with E-state index < -0.39 is 0 Å². The quantitative estimate of drug-likeness (QED) is 0.602. The average molecular weight is 162 g/mol. The van der Waals surface area contributed by atoms with Crippen LogP contribution < -0.4 is 5.32 Å². The molecular weight excluding hydrogens is 146 g/mol. The molecule has 0 aliphatic carbocycles. The summed E-state index contributed by atoms with van der Waals surface area (Å²) in [5.74, 6) is 0. The molecule has 0 aliphatic rings. The molecule has 0 saturated carbocycles. The Morgan fingerprint density at radius 1 is 1.00 bits per heavy atom. The molecule has 0 aliphatic heterocycles. The third-order valence-electron chi connectivity index (χ3n) is 1.50. The predicted molar refractivity (Wildman–Crippen MR) is 52.7 cm³/mol. The highest BCUT2D eigenvalue weighted by Gasteiger charge is 2.10. The van der Waals surface area contributed by atoms with Crippen LogP contribution in [0.5, 0.6) is 0 Å². The molecule has 0 spiro atoms. The van der Waals surface area contributed by atoms with E-state index in [1.54, 1.807) is 0 Å². The van der Waals surface area contributed by atoms with Crippen molar-refractivity contribution >= 4 is 5.69 Å². The van der Waals surface area contributed by atoms with Gasteiger partial charge in [0.15, 0.2) is 0 Å². The van der Waals surface area contributed by atoms with Crippen LogP contribution in [0, 0.1) is 6.92 Å². The van der Waals surface area contributed by atoms with Crippen molar-refractivity contribution in [3.8, 4) is 0 Å². The van der Waals surface area contributed by atoms with Gasteiger partial charge in [0.1, 0.15) is 0 Å². The van der Waals surface area contributed by atoms with E-state index in [0.717, 1.165) is 5.69 Å². The molecular formula is C11H16N. The topological polar surface area (TPSA) is 14.1 Å².